The maximum Gasteiger partial charge on any atom is 0.118 e. The Morgan fingerprint density at radius 3 is 2.67 bits per heavy atom. The van der Waals surface area contributed by atoms with Crippen LogP contribution in [-0.2, 0) is 19.6 Å². The van der Waals surface area contributed by atoms with Gasteiger partial charge < -0.3 is 9.73 Å². The van der Waals surface area contributed by atoms with Crippen molar-refractivity contribution in [2.24, 2.45) is 5.92 Å². The molecule has 0 aliphatic carbocycles. The lowest BCUT2D eigenvalue weighted by atomic mass is 10.2. The topological polar surface area (TPSA) is 41.3 Å². The summed E-state index contributed by atoms with van der Waals surface area (Å²) in [4.78, 5) is 6.27. The summed E-state index contributed by atoms with van der Waals surface area (Å²) in [6.45, 7) is 8.03. The summed E-state index contributed by atoms with van der Waals surface area (Å²) < 4.78 is 5.64. The molecule has 0 radical (unpaired) electrons. The van der Waals surface area contributed by atoms with Gasteiger partial charge in [0.2, 0.25) is 0 Å². The zero-order chi connectivity index (χ0) is 15.1. The molecular formula is C17H25N3O. The van der Waals surface area contributed by atoms with Gasteiger partial charge in [-0.3, -0.25) is 9.88 Å². The minimum Gasteiger partial charge on any atom is -0.468 e. The number of hydrogen-bond acceptors (Lipinski definition) is 4. The first-order chi connectivity index (χ1) is 10.1. The van der Waals surface area contributed by atoms with Crippen LogP contribution < -0.4 is 5.32 Å². The van der Waals surface area contributed by atoms with Crippen molar-refractivity contribution in [1.82, 2.24) is 15.2 Å². The molecule has 4 heteroatoms. The lowest BCUT2D eigenvalue weighted by molar-refractivity contribution is 0.288. The van der Waals surface area contributed by atoms with Crippen LogP contribution in [0.1, 0.15) is 30.7 Å². The van der Waals surface area contributed by atoms with Gasteiger partial charge in [-0.25, -0.2) is 0 Å². The van der Waals surface area contributed by atoms with Crippen molar-refractivity contribution in [3.8, 4) is 0 Å². The van der Waals surface area contributed by atoms with E-state index in [-0.39, 0.29) is 0 Å². The standard InChI is InChI=1S/C17H25N3O/c1-14(2)9-19-10-16-8-17(21-13-16)12-20(3)11-15-4-6-18-7-5-15/h4-8,13-14,19H,9-12H2,1-3H3. The van der Waals surface area contributed by atoms with Crippen molar-refractivity contribution in [2.45, 2.75) is 33.5 Å². The average Bonchev–Trinajstić information content (AvgIpc) is 2.86. The lowest BCUT2D eigenvalue weighted by Crippen LogP contribution is -2.18. The number of nitrogens with one attached hydrogen (secondary N) is 1. The molecule has 2 aromatic rings. The van der Waals surface area contributed by atoms with E-state index in [0.29, 0.717) is 5.92 Å². The van der Waals surface area contributed by atoms with E-state index in [9.17, 15) is 0 Å². The van der Waals surface area contributed by atoms with Crippen molar-refractivity contribution in [1.29, 1.82) is 0 Å². The molecule has 0 fully saturated rings. The van der Waals surface area contributed by atoms with E-state index in [1.165, 1.54) is 11.1 Å². The Hall–Kier alpha value is -1.65. The van der Waals surface area contributed by atoms with Crippen LogP contribution in [0.25, 0.3) is 0 Å². The van der Waals surface area contributed by atoms with E-state index in [4.69, 9.17) is 4.42 Å². The fourth-order valence-electron chi connectivity index (χ4n) is 2.23. The van der Waals surface area contributed by atoms with Gasteiger partial charge in [0, 0.05) is 31.0 Å². The van der Waals surface area contributed by atoms with Crippen LogP contribution in [0, 0.1) is 5.92 Å². The predicted octanol–water partition coefficient (Wildman–Crippen LogP) is 3.05. The molecule has 2 aromatic heterocycles. The molecule has 0 spiro atoms. The second-order valence-electron chi connectivity index (χ2n) is 5.97. The maximum atomic E-state index is 5.64. The van der Waals surface area contributed by atoms with Crippen LogP contribution in [0.4, 0.5) is 0 Å². The normalized spacial score (nSPS) is 11.5. The van der Waals surface area contributed by atoms with Crippen LogP contribution >= 0.6 is 0 Å². The summed E-state index contributed by atoms with van der Waals surface area (Å²) in [6.07, 6.45) is 5.51. The number of furan rings is 1. The summed E-state index contributed by atoms with van der Waals surface area (Å²) in [5.74, 6) is 1.68. The third kappa shape index (κ3) is 5.69. The van der Waals surface area contributed by atoms with Gasteiger partial charge in [-0.1, -0.05) is 13.8 Å². The first kappa shape index (κ1) is 15.7. The molecule has 114 valence electrons. The van der Waals surface area contributed by atoms with Gasteiger partial charge in [-0.05, 0) is 43.3 Å². The molecule has 0 bridgehead atoms. The Kier molecular flexibility index (Phi) is 5.96. The van der Waals surface area contributed by atoms with Gasteiger partial charge in [0.1, 0.15) is 5.76 Å². The zero-order valence-corrected chi connectivity index (χ0v) is 13.2. The third-order valence-electron chi connectivity index (χ3n) is 3.22. The van der Waals surface area contributed by atoms with Crippen molar-refractivity contribution < 1.29 is 4.42 Å². The number of aromatic nitrogens is 1. The molecule has 4 nitrogen and oxygen atoms in total. The van der Waals surface area contributed by atoms with Gasteiger partial charge in [0.25, 0.3) is 0 Å². The molecule has 0 saturated carbocycles. The highest BCUT2D eigenvalue weighted by Crippen LogP contribution is 2.12. The highest BCUT2D eigenvalue weighted by molar-refractivity contribution is 5.13. The molecular weight excluding hydrogens is 262 g/mol. The fraction of sp³-hybridized carbons (Fsp3) is 0.471. The maximum absolute atomic E-state index is 5.64. The van der Waals surface area contributed by atoms with Gasteiger partial charge in [-0.15, -0.1) is 0 Å². The highest BCUT2D eigenvalue weighted by Gasteiger charge is 2.06. The molecule has 21 heavy (non-hydrogen) atoms. The number of rotatable bonds is 8. The van der Waals surface area contributed by atoms with Crippen molar-refractivity contribution in [2.75, 3.05) is 13.6 Å². The van der Waals surface area contributed by atoms with E-state index in [0.717, 1.165) is 31.9 Å². The van der Waals surface area contributed by atoms with E-state index in [2.05, 4.69) is 42.2 Å². The number of nitrogens with zero attached hydrogens (tertiary/aromatic N) is 2. The van der Waals surface area contributed by atoms with E-state index in [1.54, 1.807) is 0 Å². The quantitative estimate of drug-likeness (QED) is 0.810. The molecule has 0 unspecified atom stereocenters. The lowest BCUT2D eigenvalue weighted by Gasteiger charge is -2.14. The average molecular weight is 287 g/mol. The van der Waals surface area contributed by atoms with Crippen LogP contribution in [0.15, 0.2) is 41.3 Å². The van der Waals surface area contributed by atoms with E-state index < -0.39 is 0 Å². The highest BCUT2D eigenvalue weighted by atomic mass is 16.3. The van der Waals surface area contributed by atoms with Gasteiger partial charge in [-0.2, -0.15) is 0 Å². The Balaban J connectivity index is 1.79. The first-order valence-corrected chi connectivity index (χ1v) is 7.48. The molecule has 0 saturated heterocycles. The largest absolute Gasteiger partial charge is 0.468 e. The summed E-state index contributed by atoms with van der Waals surface area (Å²) in [5.41, 5.74) is 2.47. The smallest absolute Gasteiger partial charge is 0.118 e. The summed E-state index contributed by atoms with van der Waals surface area (Å²) in [5, 5.41) is 3.43. The minimum absolute atomic E-state index is 0.669. The second-order valence-corrected chi connectivity index (χ2v) is 5.97. The van der Waals surface area contributed by atoms with Crippen LogP contribution in [0.3, 0.4) is 0 Å². The van der Waals surface area contributed by atoms with Crippen molar-refractivity contribution in [3.63, 3.8) is 0 Å². The van der Waals surface area contributed by atoms with Crippen molar-refractivity contribution >= 4 is 0 Å². The Morgan fingerprint density at radius 2 is 1.95 bits per heavy atom. The monoisotopic (exact) mass is 287 g/mol. The molecule has 2 heterocycles. The number of hydrogen-bond donors (Lipinski definition) is 1. The van der Waals surface area contributed by atoms with Gasteiger partial charge in [0.15, 0.2) is 0 Å². The number of pyridine rings is 1. The van der Waals surface area contributed by atoms with Crippen LogP contribution in [0.2, 0.25) is 0 Å². The molecule has 0 amide bonds. The van der Waals surface area contributed by atoms with Gasteiger partial charge >= 0.3 is 0 Å². The third-order valence-corrected chi connectivity index (χ3v) is 3.22. The van der Waals surface area contributed by atoms with E-state index >= 15 is 0 Å². The van der Waals surface area contributed by atoms with Crippen LogP contribution in [-0.4, -0.2) is 23.5 Å². The van der Waals surface area contributed by atoms with Crippen LogP contribution in [0.5, 0.6) is 0 Å². The minimum atomic E-state index is 0.669. The molecule has 0 aromatic carbocycles. The molecule has 0 aliphatic rings. The Labute approximate surface area is 127 Å². The van der Waals surface area contributed by atoms with Crippen molar-refractivity contribution in [3.05, 3.63) is 53.7 Å². The summed E-state index contributed by atoms with van der Waals surface area (Å²) in [7, 11) is 2.10. The summed E-state index contributed by atoms with van der Waals surface area (Å²) >= 11 is 0. The molecule has 0 aliphatic heterocycles. The Morgan fingerprint density at radius 1 is 1.19 bits per heavy atom. The second kappa shape index (κ2) is 7.96. The molecule has 0 atom stereocenters. The zero-order valence-electron chi connectivity index (χ0n) is 13.2. The molecule has 1 N–H and O–H groups in total. The summed E-state index contributed by atoms with van der Waals surface area (Å²) in [6, 6.07) is 6.22. The Bertz CT molecular complexity index is 522. The fourth-order valence-corrected chi connectivity index (χ4v) is 2.23. The molecule has 2 rings (SSSR count). The first-order valence-electron chi connectivity index (χ1n) is 7.48. The van der Waals surface area contributed by atoms with E-state index in [1.807, 2.05) is 30.8 Å². The van der Waals surface area contributed by atoms with Gasteiger partial charge in [0.05, 0.1) is 12.8 Å². The predicted molar refractivity (Wildman–Crippen MR) is 84.7 cm³/mol. The SMILES string of the molecule is CC(C)CNCc1coc(CN(C)Cc2ccncc2)c1.